The highest BCUT2D eigenvalue weighted by Crippen LogP contribution is 2.41. The van der Waals surface area contributed by atoms with Gasteiger partial charge >= 0.3 is 6.03 Å². The monoisotopic (exact) mass is 443 g/mol. The molecular weight excluding hydrogens is 415 g/mol. The van der Waals surface area contributed by atoms with Gasteiger partial charge in [-0.05, 0) is 55.8 Å². The van der Waals surface area contributed by atoms with E-state index in [4.69, 9.17) is 0 Å². The molecule has 2 aromatic rings. The second kappa shape index (κ2) is 8.62. The van der Waals surface area contributed by atoms with Crippen LogP contribution in [0.5, 0.6) is 0 Å². The molecule has 0 aromatic heterocycles. The number of piperidine rings is 1. The molecule has 7 heteroatoms. The molecule has 32 heavy (non-hydrogen) atoms. The molecule has 0 N–H and O–H groups in total. The van der Waals surface area contributed by atoms with Crippen molar-refractivity contribution in [2.75, 3.05) is 33.7 Å². The van der Waals surface area contributed by atoms with Crippen molar-refractivity contribution in [2.45, 2.75) is 31.1 Å². The van der Waals surface area contributed by atoms with Gasteiger partial charge in [-0.3, -0.25) is 0 Å². The van der Waals surface area contributed by atoms with E-state index in [0.717, 1.165) is 23.8 Å². The predicted octanol–water partition coefficient (Wildman–Crippen LogP) is 4.67. The number of urea groups is 1. The zero-order valence-electron chi connectivity index (χ0n) is 18.6. The van der Waals surface area contributed by atoms with E-state index in [9.17, 15) is 18.0 Å². The number of halogens is 3. The molecule has 1 saturated heterocycles. The van der Waals surface area contributed by atoms with E-state index in [1.54, 1.807) is 11.9 Å². The van der Waals surface area contributed by atoms with Crippen molar-refractivity contribution in [3.8, 4) is 0 Å². The first-order valence-electron chi connectivity index (χ1n) is 10.8. The maximum Gasteiger partial charge on any atom is 0.321 e. The summed E-state index contributed by atoms with van der Waals surface area (Å²) in [5.74, 6) is -1.09. The summed E-state index contributed by atoms with van der Waals surface area (Å²) in [4.78, 5) is 18.7. The largest absolute Gasteiger partial charge is 0.322 e. The Bertz CT molecular complexity index is 1030. The number of alkyl halides is 1. The quantitative estimate of drug-likeness (QED) is 0.689. The van der Waals surface area contributed by atoms with Crippen molar-refractivity contribution in [3.63, 3.8) is 0 Å². The molecule has 4 nitrogen and oxygen atoms in total. The minimum Gasteiger partial charge on any atom is -0.322 e. The first-order chi connectivity index (χ1) is 15.2. The van der Waals surface area contributed by atoms with Crippen molar-refractivity contribution in [3.05, 3.63) is 77.4 Å². The van der Waals surface area contributed by atoms with Crippen LogP contribution in [-0.4, -0.2) is 66.7 Å². The normalized spacial score (nSPS) is 26.2. The summed E-state index contributed by atoms with van der Waals surface area (Å²) in [6, 6.07) is 11.9. The number of carbonyl (C=O) groups excluding carboxylic acids is 1. The van der Waals surface area contributed by atoms with E-state index in [2.05, 4.69) is 0 Å². The van der Waals surface area contributed by atoms with Crippen LogP contribution in [0.15, 0.2) is 54.6 Å². The van der Waals surface area contributed by atoms with Gasteiger partial charge in [-0.2, -0.15) is 0 Å². The molecule has 2 unspecified atom stereocenters. The smallest absolute Gasteiger partial charge is 0.321 e. The van der Waals surface area contributed by atoms with E-state index in [1.807, 2.05) is 55.3 Å². The number of amides is 2. The third-order valence-corrected chi connectivity index (χ3v) is 6.72. The van der Waals surface area contributed by atoms with Crippen molar-refractivity contribution in [2.24, 2.45) is 0 Å². The molecule has 170 valence electrons. The molecule has 2 aliphatic rings. The van der Waals surface area contributed by atoms with Crippen molar-refractivity contribution in [1.29, 1.82) is 0 Å². The van der Waals surface area contributed by atoms with Crippen LogP contribution in [0.3, 0.4) is 0 Å². The second-order valence-corrected chi connectivity index (χ2v) is 8.92. The van der Waals surface area contributed by atoms with E-state index in [-0.39, 0.29) is 24.7 Å². The number of benzene rings is 2. The maximum absolute atomic E-state index is 14.8. The Hall–Kier alpha value is -2.80. The number of hydrogen-bond donors (Lipinski definition) is 0. The molecule has 0 bridgehead atoms. The molecule has 2 heterocycles. The Morgan fingerprint density at radius 3 is 2.56 bits per heavy atom. The third-order valence-electron chi connectivity index (χ3n) is 6.72. The Morgan fingerprint density at radius 1 is 1.16 bits per heavy atom. The lowest BCUT2D eigenvalue weighted by atomic mass is 9.90. The Labute approximate surface area is 186 Å². The lowest BCUT2D eigenvalue weighted by Crippen LogP contribution is -2.57. The molecular formula is C25H28F3N3O. The van der Waals surface area contributed by atoms with Gasteiger partial charge in [0.05, 0.1) is 11.6 Å². The summed E-state index contributed by atoms with van der Waals surface area (Å²) in [7, 11) is 3.48. The van der Waals surface area contributed by atoms with Crippen molar-refractivity contribution < 1.29 is 18.0 Å². The van der Waals surface area contributed by atoms with Gasteiger partial charge < -0.3 is 14.7 Å². The van der Waals surface area contributed by atoms with Crippen LogP contribution in [0.4, 0.5) is 18.0 Å². The van der Waals surface area contributed by atoms with E-state index in [1.165, 1.54) is 4.90 Å². The van der Waals surface area contributed by atoms with Crippen LogP contribution in [0.1, 0.15) is 24.5 Å². The van der Waals surface area contributed by atoms with Gasteiger partial charge in [0.1, 0.15) is 17.8 Å². The summed E-state index contributed by atoms with van der Waals surface area (Å²) < 4.78 is 43.2. The lowest BCUT2D eigenvalue weighted by molar-refractivity contribution is 0.0537. The van der Waals surface area contributed by atoms with Crippen LogP contribution in [0, 0.1) is 11.6 Å². The van der Waals surface area contributed by atoms with Gasteiger partial charge in [-0.15, -0.1) is 0 Å². The summed E-state index contributed by atoms with van der Waals surface area (Å²) in [6.45, 7) is 2.95. The van der Waals surface area contributed by atoms with Crippen LogP contribution >= 0.6 is 0 Å². The molecule has 0 spiro atoms. The highest BCUT2D eigenvalue weighted by atomic mass is 19.1. The van der Waals surface area contributed by atoms with E-state index >= 15 is 0 Å². The predicted molar refractivity (Wildman–Crippen MR) is 119 cm³/mol. The van der Waals surface area contributed by atoms with Gasteiger partial charge in [-0.1, -0.05) is 30.3 Å². The fourth-order valence-corrected chi connectivity index (χ4v) is 4.80. The van der Waals surface area contributed by atoms with Crippen LogP contribution in [-0.2, 0) is 5.54 Å². The topological polar surface area (TPSA) is 26.8 Å². The SMILES string of the molecule is CN1CCC(N(C)C(=O)N2CC(c3cc(F)ccc3F)=C[C@@]2(C)c2ccccc2)C(F)C1. The molecule has 0 radical (unpaired) electrons. The fraction of sp³-hybridized carbons (Fsp3) is 0.400. The van der Waals surface area contributed by atoms with E-state index in [0.29, 0.717) is 18.5 Å². The molecule has 0 saturated carbocycles. The van der Waals surface area contributed by atoms with Gasteiger partial charge in [0.2, 0.25) is 0 Å². The maximum atomic E-state index is 14.8. The van der Waals surface area contributed by atoms with Gasteiger partial charge in [0.25, 0.3) is 0 Å². The molecule has 4 rings (SSSR count). The summed E-state index contributed by atoms with van der Waals surface area (Å²) in [6.07, 6.45) is 1.20. The fourth-order valence-electron chi connectivity index (χ4n) is 4.80. The number of nitrogens with zero attached hydrogens (tertiary/aromatic N) is 3. The van der Waals surface area contributed by atoms with Crippen LogP contribution < -0.4 is 0 Å². The summed E-state index contributed by atoms with van der Waals surface area (Å²) >= 11 is 0. The first-order valence-corrected chi connectivity index (χ1v) is 10.8. The van der Waals surface area contributed by atoms with Gasteiger partial charge in [0, 0.05) is 32.2 Å². The number of rotatable bonds is 3. The van der Waals surface area contributed by atoms with Crippen molar-refractivity contribution >= 4 is 11.6 Å². The first kappa shape index (κ1) is 22.4. The van der Waals surface area contributed by atoms with Gasteiger partial charge in [-0.25, -0.2) is 18.0 Å². The minimum absolute atomic E-state index is 0.0958. The van der Waals surface area contributed by atoms with Crippen LogP contribution in [0.25, 0.3) is 5.57 Å². The molecule has 2 aliphatic heterocycles. The molecule has 0 aliphatic carbocycles. The number of carbonyl (C=O) groups is 1. The Kier molecular flexibility index (Phi) is 6.03. The number of likely N-dealkylation sites (tertiary alicyclic amines) is 1. The Morgan fingerprint density at radius 2 is 1.88 bits per heavy atom. The van der Waals surface area contributed by atoms with E-state index < -0.39 is 29.4 Å². The summed E-state index contributed by atoms with van der Waals surface area (Å²) in [5.41, 5.74) is 0.606. The minimum atomic E-state index is -1.15. The average molecular weight is 444 g/mol. The lowest BCUT2D eigenvalue weighted by Gasteiger charge is -2.42. The average Bonchev–Trinajstić information content (AvgIpc) is 3.13. The second-order valence-electron chi connectivity index (χ2n) is 8.92. The van der Waals surface area contributed by atoms with Crippen molar-refractivity contribution in [1.82, 2.24) is 14.7 Å². The highest BCUT2D eigenvalue weighted by molar-refractivity contribution is 5.83. The zero-order chi connectivity index (χ0) is 23.0. The standard InChI is InChI=1S/C25H28F3N3O/c1-25(18-7-5-4-6-8-18)14-17(20-13-19(26)9-10-21(20)27)15-31(25)24(32)30(3)23-11-12-29(2)16-22(23)28/h4-10,13-14,22-23H,11-12,15-16H2,1-3H3/t22?,23?,25-/m0/s1. The number of hydrogen-bond acceptors (Lipinski definition) is 2. The Balaban J connectivity index is 1.70. The van der Waals surface area contributed by atoms with Crippen LogP contribution in [0.2, 0.25) is 0 Å². The molecule has 2 amide bonds. The third kappa shape index (κ3) is 4.01. The van der Waals surface area contributed by atoms with Gasteiger partial charge in [0.15, 0.2) is 0 Å². The molecule has 3 atom stereocenters. The molecule has 2 aromatic carbocycles. The summed E-state index contributed by atoms with van der Waals surface area (Å²) in [5, 5.41) is 0. The zero-order valence-corrected chi connectivity index (χ0v) is 18.6. The molecule has 1 fully saturated rings. The highest BCUT2D eigenvalue weighted by Gasteiger charge is 2.44.